The van der Waals surface area contributed by atoms with Gasteiger partial charge in [0.15, 0.2) is 0 Å². The maximum absolute atomic E-state index is 13.1. The number of carbonyl (C=O) groups is 1. The summed E-state index contributed by atoms with van der Waals surface area (Å²) in [6, 6.07) is 21.1. The normalized spacial score (nSPS) is 17.7. The number of nitro benzene ring substituents is 1. The zero-order chi connectivity index (χ0) is 22.5. The molecule has 164 valence electrons. The van der Waals surface area contributed by atoms with E-state index >= 15 is 0 Å². The summed E-state index contributed by atoms with van der Waals surface area (Å²) in [6.45, 7) is 2.77. The average molecular weight is 438 g/mol. The smallest absolute Gasteiger partial charge is 0.270 e. The fourth-order valence-electron chi connectivity index (χ4n) is 5.22. The van der Waals surface area contributed by atoms with E-state index in [1.165, 1.54) is 5.56 Å². The van der Waals surface area contributed by atoms with E-state index in [0.717, 1.165) is 40.7 Å². The molecule has 6 rings (SSSR count). The third-order valence-corrected chi connectivity index (χ3v) is 6.85. The number of benzene rings is 3. The number of piperazine rings is 1. The number of fused-ring (bicyclic) bond motifs is 4. The SMILES string of the molecule is O=C(c1ccc2[nH]ccc2c1)N1CCN(C2c3ccccc3-c3cc([N+](=O)[O-])ccc32)CC1. The van der Waals surface area contributed by atoms with Crippen LogP contribution in [-0.4, -0.2) is 51.8 Å². The van der Waals surface area contributed by atoms with Crippen LogP contribution < -0.4 is 0 Å². The average Bonchev–Trinajstić information content (AvgIpc) is 3.45. The Morgan fingerprint density at radius 1 is 0.909 bits per heavy atom. The van der Waals surface area contributed by atoms with Crippen molar-refractivity contribution in [3.63, 3.8) is 0 Å². The Bertz CT molecular complexity index is 1400. The molecular weight excluding hydrogens is 416 g/mol. The molecule has 3 aromatic carbocycles. The van der Waals surface area contributed by atoms with Gasteiger partial charge in [-0.25, -0.2) is 0 Å². The van der Waals surface area contributed by atoms with Crippen LogP contribution in [0.4, 0.5) is 5.69 Å². The second-order valence-corrected chi connectivity index (χ2v) is 8.63. The van der Waals surface area contributed by atoms with Gasteiger partial charge < -0.3 is 9.88 Å². The molecular formula is C26H22N4O3. The molecule has 0 bridgehead atoms. The summed E-state index contributed by atoms with van der Waals surface area (Å²) in [5, 5.41) is 12.4. The van der Waals surface area contributed by atoms with Crippen LogP contribution in [0, 0.1) is 10.1 Å². The van der Waals surface area contributed by atoms with E-state index in [1.54, 1.807) is 12.1 Å². The van der Waals surface area contributed by atoms with Gasteiger partial charge in [0, 0.05) is 61.0 Å². The minimum atomic E-state index is -0.342. The highest BCUT2D eigenvalue weighted by molar-refractivity contribution is 5.98. The summed E-state index contributed by atoms with van der Waals surface area (Å²) < 4.78 is 0. The number of amides is 1. The number of nitrogens with zero attached hydrogens (tertiary/aromatic N) is 3. The predicted molar refractivity (Wildman–Crippen MR) is 126 cm³/mol. The molecule has 1 saturated heterocycles. The first-order valence-corrected chi connectivity index (χ1v) is 11.1. The van der Waals surface area contributed by atoms with Crippen LogP contribution in [0.5, 0.6) is 0 Å². The van der Waals surface area contributed by atoms with Crippen LogP contribution >= 0.6 is 0 Å². The largest absolute Gasteiger partial charge is 0.361 e. The third-order valence-electron chi connectivity index (χ3n) is 6.85. The molecule has 1 atom stereocenters. The quantitative estimate of drug-likeness (QED) is 0.374. The Balaban J connectivity index is 1.25. The molecule has 0 radical (unpaired) electrons. The fourth-order valence-corrected chi connectivity index (χ4v) is 5.22. The van der Waals surface area contributed by atoms with E-state index in [1.807, 2.05) is 59.6 Å². The zero-order valence-electron chi connectivity index (χ0n) is 17.9. The number of hydrogen-bond acceptors (Lipinski definition) is 4. The second kappa shape index (κ2) is 7.56. The van der Waals surface area contributed by atoms with Gasteiger partial charge in [-0.15, -0.1) is 0 Å². The van der Waals surface area contributed by atoms with Crippen molar-refractivity contribution in [3.05, 3.63) is 99.7 Å². The van der Waals surface area contributed by atoms with E-state index in [0.29, 0.717) is 18.7 Å². The van der Waals surface area contributed by atoms with Gasteiger partial charge in [0.05, 0.1) is 11.0 Å². The number of H-pyrrole nitrogens is 1. The van der Waals surface area contributed by atoms with Crippen LogP contribution in [0.3, 0.4) is 0 Å². The van der Waals surface area contributed by atoms with Gasteiger partial charge in [-0.2, -0.15) is 0 Å². The van der Waals surface area contributed by atoms with Crippen molar-refractivity contribution in [2.75, 3.05) is 26.2 Å². The summed E-state index contributed by atoms with van der Waals surface area (Å²) in [6.07, 6.45) is 1.88. The molecule has 2 heterocycles. The number of aromatic nitrogens is 1. The molecule has 1 aliphatic heterocycles. The van der Waals surface area contributed by atoms with Crippen molar-refractivity contribution in [2.24, 2.45) is 0 Å². The maximum atomic E-state index is 13.1. The first-order valence-electron chi connectivity index (χ1n) is 11.1. The maximum Gasteiger partial charge on any atom is 0.270 e. The second-order valence-electron chi connectivity index (χ2n) is 8.63. The van der Waals surface area contributed by atoms with Crippen LogP contribution in [0.15, 0.2) is 72.9 Å². The van der Waals surface area contributed by atoms with Gasteiger partial charge in [0.2, 0.25) is 0 Å². The Hall–Kier alpha value is -3.97. The minimum Gasteiger partial charge on any atom is -0.361 e. The topological polar surface area (TPSA) is 82.5 Å². The van der Waals surface area contributed by atoms with Gasteiger partial charge in [-0.3, -0.25) is 19.8 Å². The molecule has 1 aliphatic carbocycles. The van der Waals surface area contributed by atoms with Gasteiger partial charge in [-0.1, -0.05) is 24.3 Å². The number of nitrogens with one attached hydrogen (secondary N) is 1. The molecule has 2 aliphatic rings. The van der Waals surface area contributed by atoms with Crippen molar-refractivity contribution in [1.82, 2.24) is 14.8 Å². The summed E-state index contributed by atoms with van der Waals surface area (Å²) in [5.41, 5.74) is 6.10. The molecule has 1 N–H and O–H groups in total. The van der Waals surface area contributed by atoms with E-state index in [2.05, 4.69) is 16.0 Å². The molecule has 4 aromatic rings. The number of nitro groups is 1. The molecule has 1 aromatic heterocycles. The van der Waals surface area contributed by atoms with Crippen molar-refractivity contribution in [1.29, 1.82) is 0 Å². The first kappa shape index (κ1) is 19.7. The van der Waals surface area contributed by atoms with Crippen LogP contribution in [0.25, 0.3) is 22.0 Å². The molecule has 1 unspecified atom stereocenters. The molecule has 1 fully saturated rings. The fraction of sp³-hybridized carbons (Fsp3) is 0.192. The monoisotopic (exact) mass is 438 g/mol. The number of hydrogen-bond donors (Lipinski definition) is 1. The lowest BCUT2D eigenvalue weighted by Gasteiger charge is -2.38. The van der Waals surface area contributed by atoms with Gasteiger partial charge in [0.25, 0.3) is 11.6 Å². The lowest BCUT2D eigenvalue weighted by Crippen LogP contribution is -2.49. The number of non-ortho nitro benzene ring substituents is 1. The lowest BCUT2D eigenvalue weighted by atomic mass is 10.0. The Morgan fingerprint density at radius 3 is 2.52 bits per heavy atom. The van der Waals surface area contributed by atoms with E-state index < -0.39 is 0 Å². The van der Waals surface area contributed by atoms with Gasteiger partial charge >= 0.3 is 0 Å². The number of carbonyl (C=O) groups excluding carboxylic acids is 1. The number of rotatable bonds is 3. The van der Waals surface area contributed by atoms with E-state index in [9.17, 15) is 14.9 Å². The lowest BCUT2D eigenvalue weighted by molar-refractivity contribution is -0.384. The van der Waals surface area contributed by atoms with Crippen molar-refractivity contribution >= 4 is 22.5 Å². The van der Waals surface area contributed by atoms with Gasteiger partial charge in [0.1, 0.15) is 0 Å². The predicted octanol–water partition coefficient (Wildman–Crippen LogP) is 4.60. The van der Waals surface area contributed by atoms with Gasteiger partial charge in [-0.05, 0) is 52.6 Å². The first-order chi connectivity index (χ1) is 16.1. The zero-order valence-corrected chi connectivity index (χ0v) is 17.9. The summed E-state index contributed by atoms with van der Waals surface area (Å²) in [7, 11) is 0. The van der Waals surface area contributed by atoms with E-state index in [-0.39, 0.29) is 22.6 Å². The third kappa shape index (κ3) is 3.20. The van der Waals surface area contributed by atoms with Crippen molar-refractivity contribution < 1.29 is 9.72 Å². The van der Waals surface area contributed by atoms with Crippen molar-refractivity contribution in [3.8, 4) is 11.1 Å². The molecule has 1 amide bonds. The number of aromatic amines is 1. The molecule has 33 heavy (non-hydrogen) atoms. The molecule has 0 spiro atoms. The van der Waals surface area contributed by atoms with Crippen molar-refractivity contribution in [2.45, 2.75) is 6.04 Å². The highest BCUT2D eigenvalue weighted by atomic mass is 16.6. The highest BCUT2D eigenvalue weighted by Crippen LogP contribution is 2.47. The van der Waals surface area contributed by atoms with E-state index in [4.69, 9.17) is 0 Å². The molecule has 0 saturated carbocycles. The molecule has 7 heteroatoms. The highest BCUT2D eigenvalue weighted by Gasteiger charge is 2.36. The summed E-state index contributed by atoms with van der Waals surface area (Å²) in [4.78, 5) is 31.6. The summed E-state index contributed by atoms with van der Waals surface area (Å²) >= 11 is 0. The van der Waals surface area contributed by atoms with Crippen LogP contribution in [0.1, 0.15) is 27.5 Å². The Labute approximate surface area is 190 Å². The Morgan fingerprint density at radius 2 is 1.70 bits per heavy atom. The van der Waals surface area contributed by atoms with Crippen LogP contribution in [0.2, 0.25) is 0 Å². The standard InChI is InChI=1S/C26H22N4O3/c31-26(18-5-8-24-17(15-18)9-10-27-24)29-13-11-28(12-14-29)25-21-4-2-1-3-20(21)23-16-19(30(32)33)6-7-22(23)25/h1-10,15-16,25,27H,11-14H2. The summed E-state index contributed by atoms with van der Waals surface area (Å²) in [5.74, 6) is 0.0561. The van der Waals surface area contributed by atoms with Crippen LogP contribution in [-0.2, 0) is 0 Å². The minimum absolute atomic E-state index is 0.0467. The Kier molecular flexibility index (Phi) is 4.52. The molecule has 7 nitrogen and oxygen atoms in total.